The average Bonchev–Trinajstić information content (AvgIpc) is 2.47. The molecule has 2 rings (SSSR count). The summed E-state index contributed by atoms with van der Waals surface area (Å²) in [6.45, 7) is 6.46. The van der Waals surface area contributed by atoms with E-state index in [1.807, 2.05) is 0 Å². The summed E-state index contributed by atoms with van der Waals surface area (Å²) in [7, 11) is 0. The number of nitrogens with zero attached hydrogens (tertiary/aromatic N) is 1. The van der Waals surface area contributed by atoms with E-state index in [1.54, 1.807) is 12.1 Å². The summed E-state index contributed by atoms with van der Waals surface area (Å²) in [4.78, 5) is 2.44. The summed E-state index contributed by atoms with van der Waals surface area (Å²) in [5.41, 5.74) is 3.26. The van der Waals surface area contributed by atoms with Gasteiger partial charge in [-0.15, -0.1) is 0 Å². The number of hydrogen-bond acceptors (Lipinski definition) is 3. The summed E-state index contributed by atoms with van der Waals surface area (Å²) < 4.78 is 14.0. The van der Waals surface area contributed by atoms with Crippen LogP contribution in [0.15, 0.2) is 18.2 Å². The van der Waals surface area contributed by atoms with Crippen molar-refractivity contribution in [3.8, 4) is 0 Å². The monoisotopic (exact) mass is 313 g/mol. The predicted molar refractivity (Wildman–Crippen MR) is 85.7 cm³/mol. The van der Waals surface area contributed by atoms with E-state index < -0.39 is 0 Å². The first-order chi connectivity index (χ1) is 9.96. The van der Waals surface area contributed by atoms with E-state index in [2.05, 4.69) is 24.2 Å². The summed E-state index contributed by atoms with van der Waals surface area (Å²) in [6.07, 6.45) is 4.18. The number of piperidine rings is 1. The molecule has 1 saturated heterocycles. The Balaban J connectivity index is 2.18. The van der Waals surface area contributed by atoms with E-state index in [0.717, 1.165) is 13.1 Å². The molecule has 3 N–H and O–H groups in total. The molecule has 1 aliphatic rings. The van der Waals surface area contributed by atoms with Crippen molar-refractivity contribution in [3.05, 3.63) is 34.6 Å². The number of nitrogens with two attached hydrogens (primary N) is 1. The fourth-order valence-corrected chi connectivity index (χ4v) is 3.37. The third-order valence-corrected chi connectivity index (χ3v) is 5.05. The van der Waals surface area contributed by atoms with Gasteiger partial charge in [0.25, 0.3) is 0 Å². The van der Waals surface area contributed by atoms with Gasteiger partial charge in [-0.1, -0.05) is 24.1 Å². The number of hydrazine groups is 1. The minimum Gasteiger partial charge on any atom is -0.297 e. The molecule has 0 amide bonds. The van der Waals surface area contributed by atoms with Crippen molar-refractivity contribution in [3.63, 3.8) is 0 Å². The van der Waals surface area contributed by atoms with Gasteiger partial charge in [0.1, 0.15) is 5.82 Å². The van der Waals surface area contributed by atoms with Crippen molar-refractivity contribution in [1.29, 1.82) is 0 Å². The summed E-state index contributed by atoms with van der Waals surface area (Å²) in [5, 5.41) is 0.463. The lowest BCUT2D eigenvalue weighted by Gasteiger charge is -2.46. The van der Waals surface area contributed by atoms with Crippen LogP contribution in [0.3, 0.4) is 0 Å². The minimum absolute atomic E-state index is 0.0648. The summed E-state index contributed by atoms with van der Waals surface area (Å²) in [5.74, 6) is 5.50. The minimum atomic E-state index is -0.266. The van der Waals surface area contributed by atoms with Gasteiger partial charge < -0.3 is 0 Å². The van der Waals surface area contributed by atoms with Crippen molar-refractivity contribution < 1.29 is 4.39 Å². The van der Waals surface area contributed by atoms with Crippen LogP contribution in [0.1, 0.15) is 38.7 Å². The molecule has 1 atom stereocenters. The van der Waals surface area contributed by atoms with Crippen LogP contribution in [0.25, 0.3) is 0 Å². The Morgan fingerprint density at radius 2 is 2.00 bits per heavy atom. The van der Waals surface area contributed by atoms with Gasteiger partial charge in [-0.25, -0.2) is 4.39 Å². The Bertz CT molecular complexity index is 452. The van der Waals surface area contributed by atoms with E-state index in [-0.39, 0.29) is 17.4 Å². The van der Waals surface area contributed by atoms with Gasteiger partial charge in [0.05, 0.1) is 0 Å². The van der Waals surface area contributed by atoms with Crippen LogP contribution in [0, 0.1) is 5.82 Å². The normalized spacial score (nSPS) is 18.7. The zero-order valence-electron chi connectivity index (χ0n) is 12.8. The van der Waals surface area contributed by atoms with E-state index in [0.29, 0.717) is 17.0 Å². The van der Waals surface area contributed by atoms with Crippen LogP contribution in [-0.4, -0.2) is 29.6 Å². The second-order valence-corrected chi connectivity index (χ2v) is 6.73. The van der Waals surface area contributed by atoms with Crippen LogP contribution in [0.5, 0.6) is 0 Å². The molecule has 0 radical (unpaired) electrons. The lowest BCUT2D eigenvalue weighted by molar-refractivity contribution is 0.0608. The number of hydrogen-bond donors (Lipinski definition) is 2. The molecule has 5 heteroatoms. The molecule has 0 bridgehead atoms. The Labute approximate surface area is 131 Å². The first-order valence-electron chi connectivity index (χ1n) is 7.61. The Kier molecular flexibility index (Phi) is 5.60. The largest absolute Gasteiger partial charge is 0.297 e. The van der Waals surface area contributed by atoms with Crippen LogP contribution in [0.2, 0.25) is 5.02 Å². The quantitative estimate of drug-likeness (QED) is 0.648. The number of nitrogens with one attached hydrogen (secondary N) is 1. The molecule has 1 fully saturated rings. The molecule has 0 spiro atoms. The number of likely N-dealkylation sites (tertiary alicyclic amines) is 1. The van der Waals surface area contributed by atoms with E-state index in [1.165, 1.54) is 25.3 Å². The molecule has 1 aromatic rings. The Morgan fingerprint density at radius 3 is 2.57 bits per heavy atom. The fourth-order valence-electron chi connectivity index (χ4n) is 3.13. The highest BCUT2D eigenvalue weighted by Crippen LogP contribution is 2.28. The van der Waals surface area contributed by atoms with E-state index in [9.17, 15) is 4.39 Å². The van der Waals surface area contributed by atoms with Gasteiger partial charge in [-0.3, -0.25) is 16.2 Å². The molecule has 1 aliphatic heterocycles. The molecule has 1 heterocycles. The van der Waals surface area contributed by atoms with Crippen LogP contribution >= 0.6 is 11.6 Å². The third kappa shape index (κ3) is 3.75. The van der Waals surface area contributed by atoms with Crippen LogP contribution in [0.4, 0.5) is 4.39 Å². The highest BCUT2D eigenvalue weighted by Gasteiger charge is 2.36. The lowest BCUT2D eigenvalue weighted by Crippen LogP contribution is -2.61. The van der Waals surface area contributed by atoms with Crippen LogP contribution in [-0.2, 0) is 6.42 Å². The maximum atomic E-state index is 14.0. The molecule has 0 aliphatic carbocycles. The maximum Gasteiger partial charge on any atom is 0.127 e. The second kappa shape index (κ2) is 7.05. The highest BCUT2D eigenvalue weighted by atomic mass is 35.5. The fraction of sp³-hybridized carbons (Fsp3) is 0.625. The Hall–Kier alpha value is -0.680. The molecule has 118 valence electrons. The van der Waals surface area contributed by atoms with E-state index >= 15 is 0 Å². The molecule has 1 unspecified atom stereocenters. The SMILES string of the molecule is CC(C)(C(Cc1c(F)cccc1Cl)NN)N1CCCCC1. The van der Waals surface area contributed by atoms with Gasteiger partial charge in [0, 0.05) is 22.2 Å². The maximum absolute atomic E-state index is 14.0. The second-order valence-electron chi connectivity index (χ2n) is 6.32. The van der Waals surface area contributed by atoms with Crippen molar-refractivity contribution in [2.75, 3.05) is 13.1 Å². The van der Waals surface area contributed by atoms with E-state index in [4.69, 9.17) is 17.4 Å². The first kappa shape index (κ1) is 16.7. The molecule has 3 nitrogen and oxygen atoms in total. The van der Waals surface area contributed by atoms with Crippen molar-refractivity contribution in [1.82, 2.24) is 10.3 Å². The Morgan fingerprint density at radius 1 is 1.33 bits per heavy atom. The number of benzene rings is 1. The molecular formula is C16H25ClFN3. The molecule has 0 aromatic heterocycles. The first-order valence-corrected chi connectivity index (χ1v) is 7.98. The van der Waals surface area contributed by atoms with Gasteiger partial charge in [-0.2, -0.15) is 0 Å². The molecule has 21 heavy (non-hydrogen) atoms. The van der Waals surface area contributed by atoms with Crippen molar-refractivity contribution >= 4 is 11.6 Å². The molecule has 0 saturated carbocycles. The van der Waals surface area contributed by atoms with Gasteiger partial charge in [0.2, 0.25) is 0 Å². The van der Waals surface area contributed by atoms with Crippen molar-refractivity contribution in [2.45, 2.75) is 51.1 Å². The third-order valence-electron chi connectivity index (χ3n) is 4.69. The zero-order valence-corrected chi connectivity index (χ0v) is 13.6. The summed E-state index contributed by atoms with van der Waals surface area (Å²) in [6, 6.07) is 4.73. The molecule has 1 aromatic carbocycles. The standard InChI is InChI=1S/C16H25ClFN3/c1-16(2,21-9-4-3-5-10-21)15(20-19)11-12-13(17)7-6-8-14(12)18/h6-8,15,20H,3-5,9-11,19H2,1-2H3. The molecular weight excluding hydrogens is 289 g/mol. The number of rotatable bonds is 5. The topological polar surface area (TPSA) is 41.3 Å². The van der Waals surface area contributed by atoms with Gasteiger partial charge >= 0.3 is 0 Å². The van der Waals surface area contributed by atoms with Gasteiger partial charge in [0.15, 0.2) is 0 Å². The van der Waals surface area contributed by atoms with Gasteiger partial charge in [-0.05, 0) is 58.3 Å². The predicted octanol–water partition coefficient (Wildman–Crippen LogP) is 3.12. The van der Waals surface area contributed by atoms with Crippen LogP contribution < -0.4 is 11.3 Å². The van der Waals surface area contributed by atoms with Crippen molar-refractivity contribution in [2.24, 2.45) is 5.84 Å². The number of halogens is 2. The lowest BCUT2D eigenvalue weighted by atomic mass is 9.86. The summed E-state index contributed by atoms with van der Waals surface area (Å²) >= 11 is 6.14. The highest BCUT2D eigenvalue weighted by molar-refractivity contribution is 6.31. The smallest absolute Gasteiger partial charge is 0.127 e. The average molecular weight is 314 g/mol. The zero-order chi connectivity index (χ0) is 15.5.